The van der Waals surface area contributed by atoms with Crippen LogP contribution in [0.25, 0.3) is 21.8 Å². The molecular weight excluding hydrogens is 422 g/mol. The molecule has 0 fully saturated rings. The highest BCUT2D eigenvalue weighted by atomic mass is 35.5. The van der Waals surface area contributed by atoms with E-state index in [0.717, 1.165) is 16.8 Å². The number of nitrogen functional groups attached to an aromatic ring is 1. The maximum Gasteiger partial charge on any atom is 0.161 e. The lowest BCUT2D eigenvalue weighted by molar-refractivity contribution is 0.355. The fraction of sp³-hybridized carbons (Fsp3) is 0.136. The molecule has 4 rings (SSSR count). The number of hydrogen-bond acceptors (Lipinski definition) is 6. The summed E-state index contributed by atoms with van der Waals surface area (Å²) in [7, 11) is 3.19. The summed E-state index contributed by atoms with van der Waals surface area (Å²) in [6.45, 7) is 0.518. The number of ether oxygens (including phenoxy) is 2. The first-order chi connectivity index (χ1) is 14.5. The number of benzene rings is 2. The third-order valence-electron chi connectivity index (χ3n) is 4.76. The maximum absolute atomic E-state index is 10.5. The first kappa shape index (κ1) is 20.1. The number of nitrogens with zero attached hydrogens (tertiary/aromatic N) is 2. The molecule has 0 aliphatic carbocycles. The van der Waals surface area contributed by atoms with Gasteiger partial charge in [0.05, 0.1) is 25.5 Å². The first-order valence-electron chi connectivity index (χ1n) is 9.10. The molecule has 0 aliphatic heterocycles. The van der Waals surface area contributed by atoms with Crippen LogP contribution >= 0.6 is 22.9 Å². The average molecular weight is 442 g/mol. The third-order valence-corrected chi connectivity index (χ3v) is 5.88. The van der Waals surface area contributed by atoms with Gasteiger partial charge >= 0.3 is 0 Å². The van der Waals surface area contributed by atoms with Gasteiger partial charge in [-0.25, -0.2) is 4.98 Å². The highest BCUT2D eigenvalue weighted by molar-refractivity contribution is 7.13. The molecule has 0 saturated carbocycles. The highest BCUT2D eigenvalue weighted by Gasteiger charge is 2.19. The van der Waals surface area contributed by atoms with Crippen molar-refractivity contribution in [2.45, 2.75) is 6.54 Å². The molecule has 0 amide bonds. The van der Waals surface area contributed by atoms with Crippen LogP contribution in [0.5, 0.6) is 17.2 Å². The lowest BCUT2D eigenvalue weighted by Gasteiger charge is -2.08. The zero-order chi connectivity index (χ0) is 21.3. The Balaban J connectivity index is 1.65. The van der Waals surface area contributed by atoms with Crippen molar-refractivity contribution in [2.24, 2.45) is 0 Å². The van der Waals surface area contributed by atoms with Crippen LogP contribution in [0.15, 0.2) is 54.0 Å². The van der Waals surface area contributed by atoms with Gasteiger partial charge in [-0.1, -0.05) is 23.7 Å². The molecule has 2 aromatic heterocycles. The molecule has 0 aliphatic rings. The predicted molar refractivity (Wildman–Crippen MR) is 121 cm³/mol. The molecule has 3 N–H and O–H groups in total. The van der Waals surface area contributed by atoms with E-state index >= 15 is 0 Å². The minimum Gasteiger partial charge on any atom is -0.506 e. The summed E-state index contributed by atoms with van der Waals surface area (Å²) in [5.74, 6) is 1.82. The fourth-order valence-corrected chi connectivity index (χ4v) is 4.23. The van der Waals surface area contributed by atoms with Crippen molar-refractivity contribution in [1.29, 1.82) is 0 Å². The Morgan fingerprint density at radius 1 is 1.10 bits per heavy atom. The molecule has 0 spiro atoms. The van der Waals surface area contributed by atoms with Gasteiger partial charge in [-0.2, -0.15) is 0 Å². The van der Waals surface area contributed by atoms with Crippen molar-refractivity contribution in [3.63, 3.8) is 0 Å². The number of aromatic hydroxyl groups is 1. The Hall–Kier alpha value is -3.16. The molecule has 0 saturated heterocycles. The number of thiazole rings is 1. The Labute approximate surface area is 183 Å². The summed E-state index contributed by atoms with van der Waals surface area (Å²) in [6.07, 6.45) is 1.62. The number of anilines is 1. The zero-order valence-electron chi connectivity index (χ0n) is 16.4. The van der Waals surface area contributed by atoms with E-state index in [4.69, 9.17) is 26.8 Å². The van der Waals surface area contributed by atoms with E-state index in [2.05, 4.69) is 4.98 Å². The molecule has 0 unspecified atom stereocenters. The molecule has 154 valence electrons. The normalized spacial score (nSPS) is 10.9. The number of nitrogens with two attached hydrogens (primary N) is 1. The van der Waals surface area contributed by atoms with E-state index in [1.807, 2.05) is 47.8 Å². The minimum atomic E-state index is 0.0923. The van der Waals surface area contributed by atoms with Crippen LogP contribution < -0.4 is 15.2 Å². The van der Waals surface area contributed by atoms with Crippen LogP contribution in [-0.4, -0.2) is 28.9 Å². The molecule has 8 heteroatoms. The van der Waals surface area contributed by atoms with Crippen molar-refractivity contribution < 1.29 is 14.6 Å². The summed E-state index contributed by atoms with van der Waals surface area (Å²) in [5, 5.41) is 13.8. The Kier molecular flexibility index (Phi) is 5.57. The summed E-state index contributed by atoms with van der Waals surface area (Å²) < 4.78 is 12.5. The van der Waals surface area contributed by atoms with E-state index in [0.29, 0.717) is 39.5 Å². The molecule has 2 heterocycles. The smallest absolute Gasteiger partial charge is 0.161 e. The van der Waals surface area contributed by atoms with Crippen LogP contribution in [0.3, 0.4) is 0 Å². The Morgan fingerprint density at radius 2 is 1.83 bits per heavy atom. The van der Waals surface area contributed by atoms with Crippen molar-refractivity contribution >= 4 is 28.8 Å². The van der Waals surface area contributed by atoms with E-state index in [1.54, 1.807) is 25.0 Å². The molecule has 0 atom stereocenters. The van der Waals surface area contributed by atoms with Gasteiger partial charge in [-0.15, -0.1) is 11.3 Å². The standard InChI is InChI=1S/C22H20ClN3O3S/c1-28-18-8-5-14(9-19(18)29-2)16-12-30-22(25-16)20-17(27)11-26(21(20)24)10-13-3-6-15(23)7-4-13/h3-9,11-12,27H,10,24H2,1-2H3. The lowest BCUT2D eigenvalue weighted by Crippen LogP contribution is -2.03. The van der Waals surface area contributed by atoms with Crippen molar-refractivity contribution in [1.82, 2.24) is 9.55 Å². The molecule has 4 aromatic rings. The van der Waals surface area contributed by atoms with Gasteiger partial charge in [0.15, 0.2) is 11.5 Å². The second-order valence-electron chi connectivity index (χ2n) is 6.64. The minimum absolute atomic E-state index is 0.0923. The molecule has 0 radical (unpaired) electrons. The molecule has 2 aromatic carbocycles. The van der Waals surface area contributed by atoms with Crippen LogP contribution in [0.2, 0.25) is 5.02 Å². The lowest BCUT2D eigenvalue weighted by atomic mass is 10.1. The van der Waals surface area contributed by atoms with Gasteiger partial charge in [0.1, 0.15) is 16.6 Å². The summed E-state index contributed by atoms with van der Waals surface area (Å²) in [4.78, 5) is 4.69. The van der Waals surface area contributed by atoms with Crippen molar-refractivity contribution in [2.75, 3.05) is 20.0 Å². The van der Waals surface area contributed by atoms with Crippen LogP contribution in [0, 0.1) is 0 Å². The summed E-state index contributed by atoms with van der Waals surface area (Å²) in [6, 6.07) is 13.1. The SMILES string of the molecule is COc1ccc(-c2csc(-c3c(O)cn(Cc4ccc(Cl)cc4)c3N)n2)cc1OC. The number of methoxy groups -OCH3 is 2. The second-order valence-corrected chi connectivity index (χ2v) is 7.93. The Bertz CT molecular complexity index is 1190. The predicted octanol–water partition coefficient (Wildman–Crippen LogP) is 5.29. The van der Waals surface area contributed by atoms with Gasteiger partial charge in [0.2, 0.25) is 0 Å². The number of hydrogen-bond donors (Lipinski definition) is 2. The quantitative estimate of drug-likeness (QED) is 0.425. The van der Waals surface area contributed by atoms with Crippen molar-refractivity contribution in [3.05, 3.63) is 64.6 Å². The van der Waals surface area contributed by atoms with Crippen LogP contribution in [-0.2, 0) is 6.54 Å². The van der Waals surface area contributed by atoms with E-state index in [1.165, 1.54) is 11.3 Å². The van der Waals surface area contributed by atoms with Gasteiger partial charge in [0, 0.05) is 28.7 Å². The highest BCUT2D eigenvalue weighted by Crippen LogP contribution is 2.40. The third kappa shape index (κ3) is 3.81. The van der Waals surface area contributed by atoms with Gasteiger partial charge in [-0.05, 0) is 35.9 Å². The average Bonchev–Trinajstić information content (AvgIpc) is 3.33. The molecule has 0 bridgehead atoms. The monoisotopic (exact) mass is 441 g/mol. The maximum atomic E-state index is 10.5. The number of halogens is 1. The van der Waals surface area contributed by atoms with Gasteiger partial charge in [0.25, 0.3) is 0 Å². The largest absolute Gasteiger partial charge is 0.506 e. The van der Waals surface area contributed by atoms with Gasteiger partial charge < -0.3 is 24.9 Å². The fourth-order valence-electron chi connectivity index (χ4n) is 3.21. The van der Waals surface area contributed by atoms with Crippen molar-refractivity contribution in [3.8, 4) is 39.1 Å². The first-order valence-corrected chi connectivity index (χ1v) is 10.4. The molecular formula is C22H20ClN3O3S. The Morgan fingerprint density at radius 3 is 2.53 bits per heavy atom. The van der Waals surface area contributed by atoms with E-state index < -0.39 is 0 Å². The number of aromatic nitrogens is 2. The van der Waals surface area contributed by atoms with Gasteiger partial charge in [-0.3, -0.25) is 0 Å². The zero-order valence-corrected chi connectivity index (χ0v) is 18.0. The molecule has 6 nitrogen and oxygen atoms in total. The summed E-state index contributed by atoms with van der Waals surface area (Å²) >= 11 is 7.37. The molecule has 30 heavy (non-hydrogen) atoms. The van der Waals surface area contributed by atoms with E-state index in [9.17, 15) is 5.11 Å². The summed E-state index contributed by atoms with van der Waals surface area (Å²) in [5.41, 5.74) is 9.55. The topological polar surface area (TPSA) is 82.5 Å². The number of rotatable bonds is 6. The second kappa shape index (κ2) is 8.30. The van der Waals surface area contributed by atoms with E-state index in [-0.39, 0.29) is 5.75 Å². The van der Waals surface area contributed by atoms with Crippen LogP contribution in [0.1, 0.15) is 5.56 Å². The van der Waals surface area contributed by atoms with Crippen LogP contribution in [0.4, 0.5) is 5.82 Å².